The van der Waals surface area contributed by atoms with E-state index in [-0.39, 0.29) is 5.91 Å². The van der Waals surface area contributed by atoms with Gasteiger partial charge in [0, 0.05) is 12.8 Å². The van der Waals surface area contributed by atoms with Crippen LogP contribution in [0.3, 0.4) is 0 Å². The number of amides is 1. The molecular formula is C19H29NO3. The molecule has 1 aromatic carbocycles. The molecule has 1 fully saturated rings. The lowest BCUT2D eigenvalue weighted by molar-refractivity contribution is -0.139. The molecule has 1 aromatic rings. The molecule has 1 N–H and O–H groups in total. The summed E-state index contributed by atoms with van der Waals surface area (Å²) in [5.41, 5.74) is 0.108. The zero-order valence-corrected chi connectivity index (χ0v) is 14.6. The Morgan fingerprint density at radius 2 is 1.74 bits per heavy atom. The predicted octanol–water partition coefficient (Wildman–Crippen LogP) is 4.40. The van der Waals surface area contributed by atoms with Crippen LogP contribution in [0.15, 0.2) is 24.3 Å². The summed E-state index contributed by atoms with van der Waals surface area (Å²) in [6.07, 6.45) is 6.04. The van der Waals surface area contributed by atoms with Gasteiger partial charge in [-0.2, -0.15) is 0 Å². The number of benzene rings is 1. The van der Waals surface area contributed by atoms with Crippen LogP contribution in [0.1, 0.15) is 52.4 Å². The van der Waals surface area contributed by atoms with Gasteiger partial charge in [-0.15, -0.1) is 0 Å². The minimum absolute atomic E-state index is 0.0299. The van der Waals surface area contributed by atoms with Crippen molar-refractivity contribution in [2.75, 3.05) is 19.0 Å². The minimum atomic E-state index is -0.677. The quantitative estimate of drug-likeness (QED) is 0.791. The third-order valence-corrected chi connectivity index (χ3v) is 4.41. The Labute approximate surface area is 139 Å². The van der Waals surface area contributed by atoms with Gasteiger partial charge < -0.3 is 14.8 Å². The molecule has 0 aliphatic heterocycles. The molecule has 0 heterocycles. The highest BCUT2D eigenvalue weighted by atomic mass is 16.5. The monoisotopic (exact) mass is 319 g/mol. The Morgan fingerprint density at radius 1 is 1.13 bits per heavy atom. The van der Waals surface area contributed by atoms with Crippen molar-refractivity contribution in [1.82, 2.24) is 0 Å². The van der Waals surface area contributed by atoms with Crippen LogP contribution in [0.25, 0.3) is 0 Å². The van der Waals surface area contributed by atoms with Crippen molar-refractivity contribution < 1.29 is 14.3 Å². The molecule has 23 heavy (non-hydrogen) atoms. The van der Waals surface area contributed by atoms with Crippen LogP contribution in [0.2, 0.25) is 0 Å². The molecule has 2 rings (SSSR count). The first-order valence-electron chi connectivity index (χ1n) is 8.65. The number of nitrogens with one attached hydrogen (secondary N) is 1. The fourth-order valence-electron chi connectivity index (χ4n) is 2.97. The number of rotatable bonds is 6. The zero-order chi connectivity index (χ0) is 16.7. The molecular weight excluding hydrogens is 290 g/mol. The lowest BCUT2D eigenvalue weighted by Gasteiger charge is -2.29. The van der Waals surface area contributed by atoms with Gasteiger partial charge in [0.25, 0.3) is 5.91 Å². The first-order chi connectivity index (χ1) is 11.1. The van der Waals surface area contributed by atoms with E-state index in [0.717, 1.165) is 37.1 Å². The van der Waals surface area contributed by atoms with Crippen LogP contribution in [-0.2, 0) is 9.53 Å². The molecule has 1 amide bonds. The largest absolute Gasteiger partial charge is 0.493 e. The average Bonchev–Trinajstić information content (AvgIpc) is 2.80. The second-order valence-corrected chi connectivity index (χ2v) is 6.80. The Morgan fingerprint density at radius 3 is 2.26 bits per heavy atom. The van der Waals surface area contributed by atoms with Gasteiger partial charge in [-0.3, -0.25) is 4.79 Å². The number of methoxy groups -OCH3 is 1. The van der Waals surface area contributed by atoms with Crippen molar-refractivity contribution in [1.29, 1.82) is 0 Å². The Bertz CT molecular complexity index is 488. The zero-order valence-electron chi connectivity index (χ0n) is 14.6. The molecule has 1 saturated carbocycles. The molecule has 0 spiro atoms. The number of anilines is 1. The molecule has 0 radical (unpaired) electrons. The summed E-state index contributed by atoms with van der Waals surface area (Å²) >= 11 is 0. The van der Waals surface area contributed by atoms with Crippen LogP contribution < -0.4 is 10.1 Å². The van der Waals surface area contributed by atoms with E-state index in [2.05, 4.69) is 19.2 Å². The van der Waals surface area contributed by atoms with Crippen molar-refractivity contribution in [3.8, 4) is 5.75 Å². The second-order valence-electron chi connectivity index (χ2n) is 6.80. The number of ether oxygens (including phenoxy) is 2. The third-order valence-electron chi connectivity index (χ3n) is 4.41. The SMILES string of the molecule is COC1(C(=O)Nc2ccc(OCC(C)C)cc2)CCCCCC1. The van der Waals surface area contributed by atoms with Crippen LogP contribution in [-0.4, -0.2) is 25.2 Å². The molecule has 1 aliphatic rings. The lowest BCUT2D eigenvalue weighted by Crippen LogP contribution is -2.44. The van der Waals surface area contributed by atoms with Crippen LogP contribution in [0, 0.1) is 5.92 Å². The van der Waals surface area contributed by atoms with E-state index in [1.165, 1.54) is 12.8 Å². The Hall–Kier alpha value is -1.55. The van der Waals surface area contributed by atoms with E-state index in [9.17, 15) is 4.79 Å². The second kappa shape index (κ2) is 8.34. The van der Waals surface area contributed by atoms with Crippen LogP contribution in [0.4, 0.5) is 5.69 Å². The van der Waals surface area contributed by atoms with Crippen LogP contribution >= 0.6 is 0 Å². The molecule has 1 aliphatic carbocycles. The molecule has 0 bridgehead atoms. The summed E-state index contributed by atoms with van der Waals surface area (Å²) in [4.78, 5) is 12.7. The maximum Gasteiger partial charge on any atom is 0.256 e. The summed E-state index contributed by atoms with van der Waals surface area (Å²) in [5, 5.41) is 3.00. The molecule has 4 heteroatoms. The first-order valence-corrected chi connectivity index (χ1v) is 8.65. The van der Waals surface area contributed by atoms with Gasteiger partial charge in [-0.25, -0.2) is 0 Å². The number of carbonyl (C=O) groups is 1. The van der Waals surface area contributed by atoms with Crippen molar-refractivity contribution >= 4 is 11.6 Å². The summed E-state index contributed by atoms with van der Waals surface area (Å²) in [6.45, 7) is 4.93. The van der Waals surface area contributed by atoms with E-state index in [1.807, 2.05) is 24.3 Å². The van der Waals surface area contributed by atoms with E-state index in [1.54, 1.807) is 7.11 Å². The van der Waals surface area contributed by atoms with Gasteiger partial charge in [0.15, 0.2) is 0 Å². The van der Waals surface area contributed by atoms with Gasteiger partial charge in [0.1, 0.15) is 11.4 Å². The number of hydrogen-bond donors (Lipinski definition) is 1. The van der Waals surface area contributed by atoms with E-state index in [0.29, 0.717) is 12.5 Å². The number of carbonyl (C=O) groups excluding carboxylic acids is 1. The summed E-state index contributed by atoms with van der Waals surface area (Å²) in [5.74, 6) is 1.29. The highest BCUT2D eigenvalue weighted by Crippen LogP contribution is 2.31. The molecule has 0 aromatic heterocycles. The predicted molar refractivity (Wildman–Crippen MR) is 92.8 cm³/mol. The summed E-state index contributed by atoms with van der Waals surface area (Å²) in [7, 11) is 1.65. The molecule has 0 saturated heterocycles. The number of hydrogen-bond acceptors (Lipinski definition) is 3. The van der Waals surface area contributed by atoms with Crippen molar-refractivity contribution in [3.05, 3.63) is 24.3 Å². The summed E-state index contributed by atoms with van der Waals surface area (Å²) < 4.78 is 11.3. The highest BCUT2D eigenvalue weighted by molar-refractivity contribution is 5.97. The van der Waals surface area contributed by atoms with Gasteiger partial charge in [0.2, 0.25) is 0 Å². The first kappa shape index (κ1) is 17.8. The van der Waals surface area contributed by atoms with Gasteiger partial charge >= 0.3 is 0 Å². The van der Waals surface area contributed by atoms with Crippen molar-refractivity contribution in [2.45, 2.75) is 58.0 Å². The average molecular weight is 319 g/mol. The Balaban J connectivity index is 1.98. The van der Waals surface area contributed by atoms with E-state index in [4.69, 9.17) is 9.47 Å². The van der Waals surface area contributed by atoms with Gasteiger partial charge in [0.05, 0.1) is 6.61 Å². The fourth-order valence-corrected chi connectivity index (χ4v) is 2.97. The standard InChI is InChI=1S/C19H29NO3/c1-15(2)14-23-17-10-8-16(9-11-17)20-18(21)19(22-3)12-6-4-5-7-13-19/h8-11,15H,4-7,12-14H2,1-3H3,(H,20,21). The minimum Gasteiger partial charge on any atom is -0.493 e. The maximum absolute atomic E-state index is 12.7. The smallest absolute Gasteiger partial charge is 0.256 e. The van der Waals surface area contributed by atoms with Gasteiger partial charge in [-0.1, -0.05) is 39.5 Å². The maximum atomic E-state index is 12.7. The van der Waals surface area contributed by atoms with Crippen LogP contribution in [0.5, 0.6) is 5.75 Å². The Kier molecular flexibility index (Phi) is 6.46. The van der Waals surface area contributed by atoms with E-state index < -0.39 is 5.60 Å². The van der Waals surface area contributed by atoms with Crippen molar-refractivity contribution in [2.24, 2.45) is 5.92 Å². The normalized spacial score (nSPS) is 17.6. The molecule has 128 valence electrons. The van der Waals surface area contributed by atoms with E-state index >= 15 is 0 Å². The van der Waals surface area contributed by atoms with Gasteiger partial charge in [-0.05, 0) is 43.0 Å². The fraction of sp³-hybridized carbons (Fsp3) is 0.632. The molecule has 0 unspecified atom stereocenters. The van der Waals surface area contributed by atoms with Crippen molar-refractivity contribution in [3.63, 3.8) is 0 Å². The molecule has 4 nitrogen and oxygen atoms in total. The molecule has 0 atom stereocenters. The third kappa shape index (κ3) is 4.96. The summed E-state index contributed by atoms with van der Waals surface area (Å²) in [6, 6.07) is 7.55. The lowest BCUT2D eigenvalue weighted by atomic mass is 9.93. The highest BCUT2D eigenvalue weighted by Gasteiger charge is 2.38. The topological polar surface area (TPSA) is 47.6 Å².